The molecule has 0 spiro atoms. The standard InChI is InChI=1S/C14H20N4O3/c1-8(2)7-17-13(19)3-4-16-10-6-11-12(5-9(10)15)21-14(20)18-11/h5-6,8,16H,3-4,7,15H2,1-2H3,(H,17,19)(H,18,20). The number of amides is 1. The van der Waals surface area contributed by atoms with E-state index >= 15 is 0 Å². The van der Waals surface area contributed by atoms with Crippen LogP contribution in [-0.2, 0) is 4.79 Å². The maximum Gasteiger partial charge on any atom is 0.417 e. The van der Waals surface area contributed by atoms with Crippen LogP contribution in [0.3, 0.4) is 0 Å². The smallest absolute Gasteiger partial charge is 0.408 e. The molecule has 0 bridgehead atoms. The molecule has 0 saturated heterocycles. The van der Waals surface area contributed by atoms with Crippen LogP contribution in [-0.4, -0.2) is 24.0 Å². The lowest BCUT2D eigenvalue weighted by Gasteiger charge is -2.10. The fourth-order valence-electron chi connectivity index (χ4n) is 1.88. The summed E-state index contributed by atoms with van der Waals surface area (Å²) in [6.07, 6.45) is 0.353. The fourth-order valence-corrected chi connectivity index (χ4v) is 1.88. The lowest BCUT2D eigenvalue weighted by Crippen LogP contribution is -2.28. The summed E-state index contributed by atoms with van der Waals surface area (Å²) in [6, 6.07) is 3.27. The number of H-pyrrole nitrogens is 1. The van der Waals surface area contributed by atoms with Crippen molar-refractivity contribution < 1.29 is 9.21 Å². The first-order chi connectivity index (χ1) is 9.95. The highest BCUT2D eigenvalue weighted by Gasteiger charge is 2.07. The average molecular weight is 292 g/mol. The van der Waals surface area contributed by atoms with Gasteiger partial charge in [0.2, 0.25) is 5.91 Å². The number of hydrogen-bond donors (Lipinski definition) is 4. The summed E-state index contributed by atoms with van der Waals surface area (Å²) < 4.78 is 4.92. The summed E-state index contributed by atoms with van der Waals surface area (Å²) in [5.41, 5.74) is 7.99. The number of rotatable bonds is 6. The van der Waals surface area contributed by atoms with E-state index in [4.69, 9.17) is 10.2 Å². The number of aromatic nitrogens is 1. The van der Waals surface area contributed by atoms with Gasteiger partial charge in [-0.3, -0.25) is 9.78 Å². The predicted molar refractivity (Wildman–Crippen MR) is 82.2 cm³/mol. The van der Waals surface area contributed by atoms with E-state index in [9.17, 15) is 9.59 Å². The molecule has 0 aliphatic carbocycles. The maximum absolute atomic E-state index is 11.6. The number of nitrogens with two attached hydrogens (primary N) is 1. The summed E-state index contributed by atoms with van der Waals surface area (Å²) in [6.45, 7) is 5.21. The Morgan fingerprint density at radius 2 is 2.19 bits per heavy atom. The maximum atomic E-state index is 11.6. The summed E-state index contributed by atoms with van der Waals surface area (Å²) in [5, 5.41) is 5.93. The molecule has 1 aromatic carbocycles. The van der Waals surface area contributed by atoms with Crippen LogP contribution in [0.1, 0.15) is 20.3 Å². The van der Waals surface area contributed by atoms with E-state index < -0.39 is 5.76 Å². The van der Waals surface area contributed by atoms with Crippen molar-refractivity contribution in [1.82, 2.24) is 10.3 Å². The monoisotopic (exact) mass is 292 g/mol. The van der Waals surface area contributed by atoms with Crippen molar-refractivity contribution in [3.8, 4) is 0 Å². The van der Waals surface area contributed by atoms with Crippen molar-refractivity contribution in [1.29, 1.82) is 0 Å². The van der Waals surface area contributed by atoms with Crippen molar-refractivity contribution >= 4 is 28.4 Å². The molecule has 1 amide bonds. The Labute approximate surface area is 121 Å². The van der Waals surface area contributed by atoms with Gasteiger partial charge in [-0.2, -0.15) is 0 Å². The minimum atomic E-state index is -0.519. The number of nitrogens with one attached hydrogen (secondary N) is 3. The summed E-state index contributed by atoms with van der Waals surface area (Å²) in [7, 11) is 0. The van der Waals surface area contributed by atoms with E-state index in [-0.39, 0.29) is 5.91 Å². The normalized spacial score (nSPS) is 11.0. The topological polar surface area (TPSA) is 113 Å². The lowest BCUT2D eigenvalue weighted by atomic mass is 10.2. The Morgan fingerprint density at radius 3 is 2.90 bits per heavy atom. The van der Waals surface area contributed by atoms with Crippen molar-refractivity contribution in [2.45, 2.75) is 20.3 Å². The second kappa shape index (κ2) is 6.34. The van der Waals surface area contributed by atoms with Gasteiger partial charge in [-0.05, 0) is 12.0 Å². The van der Waals surface area contributed by atoms with Crippen molar-refractivity contribution in [3.63, 3.8) is 0 Å². The molecule has 7 heteroatoms. The van der Waals surface area contributed by atoms with E-state index in [1.807, 2.05) is 13.8 Å². The zero-order chi connectivity index (χ0) is 15.4. The second-order valence-electron chi connectivity index (χ2n) is 5.32. The third kappa shape index (κ3) is 4.01. The van der Waals surface area contributed by atoms with Gasteiger partial charge in [0.25, 0.3) is 0 Å². The van der Waals surface area contributed by atoms with E-state index in [1.165, 1.54) is 0 Å². The third-order valence-electron chi connectivity index (χ3n) is 2.97. The zero-order valence-corrected chi connectivity index (χ0v) is 12.2. The van der Waals surface area contributed by atoms with Gasteiger partial charge in [-0.15, -0.1) is 0 Å². The first-order valence-corrected chi connectivity index (χ1v) is 6.88. The van der Waals surface area contributed by atoms with Gasteiger partial charge in [-0.25, -0.2) is 4.79 Å². The van der Waals surface area contributed by atoms with Gasteiger partial charge >= 0.3 is 5.76 Å². The van der Waals surface area contributed by atoms with Crippen LogP contribution >= 0.6 is 0 Å². The Balaban J connectivity index is 1.92. The highest BCUT2D eigenvalue weighted by atomic mass is 16.4. The molecular formula is C14H20N4O3. The summed E-state index contributed by atoms with van der Waals surface area (Å²) in [4.78, 5) is 25.3. The molecule has 0 aliphatic rings. The van der Waals surface area contributed by atoms with Crippen LogP contribution in [0.4, 0.5) is 11.4 Å². The van der Waals surface area contributed by atoms with Gasteiger partial charge in [0.05, 0.1) is 16.9 Å². The van der Waals surface area contributed by atoms with Gasteiger partial charge in [0, 0.05) is 25.6 Å². The zero-order valence-electron chi connectivity index (χ0n) is 12.2. The van der Waals surface area contributed by atoms with Gasteiger partial charge in [-0.1, -0.05) is 13.8 Å². The number of fused-ring (bicyclic) bond motifs is 1. The van der Waals surface area contributed by atoms with Gasteiger partial charge < -0.3 is 20.8 Å². The first-order valence-electron chi connectivity index (χ1n) is 6.88. The summed E-state index contributed by atoms with van der Waals surface area (Å²) >= 11 is 0. The molecule has 0 atom stereocenters. The van der Waals surface area contributed by atoms with Crippen LogP contribution in [0, 0.1) is 5.92 Å². The number of benzene rings is 1. The number of hydrogen-bond acceptors (Lipinski definition) is 5. The predicted octanol–water partition coefficient (Wildman–Crippen LogP) is 1.28. The second-order valence-corrected chi connectivity index (χ2v) is 5.32. The van der Waals surface area contributed by atoms with Crippen LogP contribution in [0.2, 0.25) is 0 Å². The van der Waals surface area contributed by atoms with Gasteiger partial charge in [0.1, 0.15) is 0 Å². The molecule has 21 heavy (non-hydrogen) atoms. The average Bonchev–Trinajstić information content (AvgIpc) is 2.75. The molecule has 2 rings (SSSR count). The molecule has 0 radical (unpaired) electrons. The molecule has 0 saturated carbocycles. The molecule has 0 unspecified atom stereocenters. The number of carbonyl (C=O) groups is 1. The van der Waals surface area contributed by atoms with E-state index in [0.29, 0.717) is 47.9 Å². The van der Waals surface area contributed by atoms with Crippen LogP contribution in [0.25, 0.3) is 11.1 Å². The number of oxazole rings is 1. The minimum absolute atomic E-state index is 0.00688. The molecule has 2 aromatic rings. The molecule has 5 N–H and O–H groups in total. The highest BCUT2D eigenvalue weighted by molar-refractivity contribution is 5.85. The Bertz CT molecular complexity index is 687. The molecule has 0 fully saturated rings. The van der Waals surface area contributed by atoms with E-state index in [2.05, 4.69) is 15.6 Å². The highest BCUT2D eigenvalue weighted by Crippen LogP contribution is 2.24. The van der Waals surface area contributed by atoms with Crippen LogP contribution in [0.5, 0.6) is 0 Å². The van der Waals surface area contributed by atoms with Crippen molar-refractivity contribution in [3.05, 3.63) is 22.7 Å². The Hall–Kier alpha value is -2.44. The minimum Gasteiger partial charge on any atom is -0.408 e. The van der Waals surface area contributed by atoms with Crippen LogP contribution in [0.15, 0.2) is 21.3 Å². The molecular weight excluding hydrogens is 272 g/mol. The number of anilines is 2. The fraction of sp³-hybridized carbons (Fsp3) is 0.429. The largest absolute Gasteiger partial charge is 0.417 e. The van der Waals surface area contributed by atoms with E-state index in [1.54, 1.807) is 12.1 Å². The first kappa shape index (κ1) is 15.0. The quantitative estimate of drug-likeness (QED) is 0.599. The van der Waals surface area contributed by atoms with Crippen LogP contribution < -0.4 is 22.1 Å². The van der Waals surface area contributed by atoms with Crippen molar-refractivity contribution in [2.24, 2.45) is 5.92 Å². The molecule has 7 nitrogen and oxygen atoms in total. The Morgan fingerprint density at radius 1 is 1.43 bits per heavy atom. The molecule has 114 valence electrons. The lowest BCUT2D eigenvalue weighted by molar-refractivity contribution is -0.120. The number of aromatic amines is 1. The van der Waals surface area contributed by atoms with Crippen molar-refractivity contribution in [2.75, 3.05) is 24.1 Å². The molecule has 0 aliphatic heterocycles. The van der Waals surface area contributed by atoms with Gasteiger partial charge in [0.15, 0.2) is 5.58 Å². The third-order valence-corrected chi connectivity index (χ3v) is 2.97. The molecule has 1 aromatic heterocycles. The number of carbonyl (C=O) groups excluding carboxylic acids is 1. The number of nitrogen functional groups attached to an aromatic ring is 1. The SMILES string of the molecule is CC(C)CNC(=O)CCNc1cc2[nH]c(=O)oc2cc1N. The Kier molecular flexibility index (Phi) is 4.52. The molecule has 1 heterocycles. The van der Waals surface area contributed by atoms with E-state index in [0.717, 1.165) is 0 Å². The summed E-state index contributed by atoms with van der Waals surface area (Å²) in [5.74, 6) is -0.0972.